The van der Waals surface area contributed by atoms with E-state index in [1.165, 1.54) is 150 Å². The first-order valence-corrected chi connectivity index (χ1v) is 48.6. The van der Waals surface area contributed by atoms with E-state index in [0.29, 0.717) is 0 Å². The number of fused-ring (bicyclic) bond motifs is 24. The van der Waals surface area contributed by atoms with Crippen LogP contribution in [0.4, 0.5) is 0 Å². The largest absolute Gasteiger partial charge is 0.456 e. The molecule has 124 heavy (non-hydrogen) atoms. The average molecular weight is 1680 g/mol. The summed E-state index contributed by atoms with van der Waals surface area (Å²) in [7, 11) is 0. The fraction of sp³-hybridized carbons (Fsp3) is 0.300. The van der Waals surface area contributed by atoms with Crippen molar-refractivity contribution in [1.29, 1.82) is 0 Å². The Morgan fingerprint density at radius 3 is 0.573 bits per heavy atom. The van der Waals surface area contributed by atoms with Crippen molar-refractivity contribution in [3.63, 3.8) is 0 Å². The maximum atomic E-state index is 5.65. The van der Waals surface area contributed by atoms with Crippen LogP contribution in [0.5, 0.6) is 0 Å². The van der Waals surface area contributed by atoms with Crippen molar-refractivity contribution in [1.82, 2.24) is 9.13 Å². The van der Waals surface area contributed by atoms with Crippen molar-refractivity contribution in [2.45, 2.75) is 247 Å². The first-order valence-electron chi connectivity index (χ1n) is 47.8. The van der Waals surface area contributed by atoms with E-state index in [-0.39, 0.29) is 0 Å². The second-order valence-electron chi connectivity index (χ2n) is 24.4. The first-order chi connectivity index (χ1) is 61.5. The van der Waals surface area contributed by atoms with Gasteiger partial charge in [-0.2, -0.15) is 0 Å². The Bertz CT molecular complexity index is 5260. The summed E-state index contributed by atoms with van der Waals surface area (Å²) in [6.45, 7) is 66.9. The lowest BCUT2D eigenvalue weighted by atomic mass is 9.95. The van der Waals surface area contributed by atoms with E-state index in [0.717, 1.165) is 37.1 Å². The molecule has 0 atom stereocenters. The average Bonchev–Trinajstić information content (AvgIpc) is 1.44. The highest BCUT2D eigenvalue weighted by Crippen LogP contribution is 2.38. The van der Waals surface area contributed by atoms with E-state index in [1.54, 1.807) is 0 Å². The molecule has 0 amide bonds. The highest BCUT2D eigenvalue weighted by atomic mass is 32.1. The summed E-state index contributed by atoms with van der Waals surface area (Å²) in [4.78, 5) is 0. The van der Waals surface area contributed by atoms with Crippen LogP contribution >= 0.6 is 11.3 Å². The number of para-hydroxylation sites is 4. The Hall–Kier alpha value is -11.3. The lowest BCUT2D eigenvalue weighted by Crippen LogP contribution is -1.93. The summed E-state index contributed by atoms with van der Waals surface area (Å²) in [5, 5.41) is 26.7. The minimum absolute atomic E-state index is 0.962. The molecule has 0 saturated heterocycles. The van der Waals surface area contributed by atoms with Crippen LogP contribution in [-0.2, 0) is 25.9 Å². The van der Waals surface area contributed by atoms with Crippen molar-refractivity contribution in [3.8, 4) is 0 Å². The standard InChI is InChI=1S/2C18H12.2C16H17N.C12H8O.C12H8S.14C2H6/c2*1-2-8-14-13(7-1)15-9-3-4-11-17(15)18-12-6-5-10-16(14)18;2*1-3-12-9-10-14-13-7-5-6-8-15(13)17(4-2)16(14)11-12;2*1-3-7-11-9(5-1)10-6-2-4-8-12(10)13-11;14*1-2/h2*1-12H;2*5-11H,3-4H2,1-2H3;2*1-8H;14*1-2H3. The monoisotopic (exact) mass is 1680 g/mol. The fourth-order valence-corrected chi connectivity index (χ4v) is 15.5. The van der Waals surface area contributed by atoms with Gasteiger partial charge in [-0.1, -0.05) is 487 Å². The molecule has 0 radical (unpaired) electrons. The third kappa shape index (κ3) is 27.9. The van der Waals surface area contributed by atoms with Gasteiger partial charge in [0.05, 0.1) is 0 Å². The van der Waals surface area contributed by atoms with Gasteiger partial charge in [0, 0.05) is 87.6 Å². The van der Waals surface area contributed by atoms with Gasteiger partial charge in [-0.3, -0.25) is 0 Å². The van der Waals surface area contributed by atoms with Gasteiger partial charge in [-0.25, -0.2) is 0 Å². The minimum Gasteiger partial charge on any atom is -0.456 e. The number of benzene rings is 16. The van der Waals surface area contributed by atoms with Gasteiger partial charge in [0.25, 0.3) is 0 Å². The molecule has 0 aliphatic carbocycles. The highest BCUT2D eigenvalue weighted by Gasteiger charge is 2.13. The van der Waals surface area contributed by atoms with Gasteiger partial charge >= 0.3 is 0 Å². The van der Waals surface area contributed by atoms with Crippen molar-refractivity contribution in [3.05, 3.63) is 339 Å². The smallest absolute Gasteiger partial charge is 0.135 e. The third-order valence-corrected chi connectivity index (χ3v) is 20.1. The maximum absolute atomic E-state index is 5.65. The Morgan fingerprint density at radius 1 is 0.177 bits per heavy atom. The van der Waals surface area contributed by atoms with Crippen LogP contribution in [0.1, 0.15) is 233 Å². The second-order valence-corrected chi connectivity index (χ2v) is 25.5. The summed E-state index contributed by atoms with van der Waals surface area (Å²) >= 11 is 1.86. The topological polar surface area (TPSA) is 23.0 Å². The fourth-order valence-electron chi connectivity index (χ4n) is 14.4. The maximum Gasteiger partial charge on any atom is 0.135 e. The molecule has 0 spiro atoms. The van der Waals surface area contributed by atoms with Gasteiger partial charge in [0.1, 0.15) is 11.2 Å². The summed E-state index contributed by atoms with van der Waals surface area (Å²) in [6.07, 6.45) is 2.20. The molecule has 0 N–H and O–H groups in total. The van der Waals surface area contributed by atoms with Crippen LogP contribution in [0.2, 0.25) is 0 Å². The summed E-state index contributed by atoms with van der Waals surface area (Å²) in [6, 6.07) is 116. The summed E-state index contributed by atoms with van der Waals surface area (Å²) in [5.41, 5.74) is 10.2. The zero-order valence-corrected chi connectivity index (χ0v) is 83.5. The molecule has 0 aliphatic rings. The van der Waals surface area contributed by atoms with Crippen molar-refractivity contribution >= 4 is 162 Å². The molecule has 0 unspecified atom stereocenters. The van der Waals surface area contributed by atoms with Gasteiger partial charge < -0.3 is 13.6 Å². The van der Waals surface area contributed by atoms with Crippen LogP contribution in [0.3, 0.4) is 0 Å². The lowest BCUT2D eigenvalue weighted by molar-refractivity contribution is 0.669. The molecule has 0 fully saturated rings. The number of aromatic nitrogens is 2. The molecule has 16 aromatic carbocycles. The molecule has 4 heterocycles. The Kier molecular flexibility index (Phi) is 58.4. The van der Waals surface area contributed by atoms with Crippen LogP contribution in [0, 0.1) is 0 Å². The summed E-state index contributed by atoms with van der Waals surface area (Å²) in [5.74, 6) is 0. The van der Waals surface area contributed by atoms with Crippen LogP contribution in [0.25, 0.3) is 150 Å². The van der Waals surface area contributed by atoms with Gasteiger partial charge in [-0.15, -0.1) is 11.3 Å². The molecular formula is C120H158N2OS. The van der Waals surface area contributed by atoms with Gasteiger partial charge in [0.15, 0.2) is 0 Å². The van der Waals surface area contributed by atoms with Crippen molar-refractivity contribution in [2.24, 2.45) is 0 Å². The zero-order valence-electron chi connectivity index (χ0n) is 82.7. The number of hydrogen-bond donors (Lipinski definition) is 0. The second kappa shape index (κ2) is 65.4. The molecule has 4 heteroatoms. The Labute approximate surface area is 756 Å². The van der Waals surface area contributed by atoms with Crippen molar-refractivity contribution < 1.29 is 4.42 Å². The number of hydrogen-bond acceptors (Lipinski definition) is 2. The van der Waals surface area contributed by atoms with Crippen molar-refractivity contribution in [2.75, 3.05) is 0 Å². The summed E-state index contributed by atoms with van der Waals surface area (Å²) < 4.78 is 13.2. The zero-order chi connectivity index (χ0) is 92.9. The van der Waals surface area contributed by atoms with E-state index in [1.807, 2.05) is 242 Å². The normalized spacial score (nSPS) is 9.42. The van der Waals surface area contributed by atoms with Gasteiger partial charge in [-0.05, 0) is 151 Å². The SMILES string of the molecule is CC.CC.CC.CC.CC.CC.CC.CC.CC.CC.CC.CC.CC.CC.CCc1ccc2c3ccccc3n(CC)c2c1.CCc1ccc2c3ccccc3n(CC)c2c1.c1ccc2c(c1)c1ccccc1c1ccccc21.c1ccc2c(c1)c1ccccc1c1ccccc21.c1ccc2c(c1)oc1ccccc12.c1ccc2c(c1)sc1ccccc12. The van der Waals surface area contributed by atoms with E-state index in [4.69, 9.17) is 4.42 Å². The number of thiophene rings is 1. The molecule has 0 bridgehead atoms. The number of nitrogens with zero attached hydrogens (tertiary/aromatic N) is 2. The number of rotatable bonds is 4. The molecule has 3 nitrogen and oxygen atoms in total. The molecule has 4 aromatic heterocycles. The minimum atomic E-state index is 0.962. The van der Waals surface area contributed by atoms with Crippen LogP contribution < -0.4 is 0 Å². The Morgan fingerprint density at radius 2 is 0.355 bits per heavy atom. The van der Waals surface area contributed by atoms with E-state index in [9.17, 15) is 0 Å². The van der Waals surface area contributed by atoms with E-state index < -0.39 is 0 Å². The molecule has 20 aromatic rings. The lowest BCUT2D eigenvalue weighted by Gasteiger charge is -2.09. The number of aryl methyl sites for hydroxylation is 4. The molecular weight excluding hydrogens is 1520 g/mol. The van der Waals surface area contributed by atoms with Gasteiger partial charge in [0.2, 0.25) is 0 Å². The molecule has 20 rings (SSSR count). The quantitative estimate of drug-likeness (QED) is 0.161. The van der Waals surface area contributed by atoms with E-state index >= 15 is 0 Å². The van der Waals surface area contributed by atoms with E-state index in [2.05, 4.69) is 328 Å². The third-order valence-electron chi connectivity index (χ3n) is 19.0. The Balaban J connectivity index is 0.000000705. The predicted molar refractivity (Wildman–Crippen MR) is 579 cm³/mol. The highest BCUT2D eigenvalue weighted by molar-refractivity contribution is 7.25. The first kappa shape index (κ1) is 111. The molecule has 0 aliphatic heterocycles. The molecule has 660 valence electrons. The number of furan rings is 1. The molecule has 0 saturated carbocycles. The predicted octanol–water partition coefficient (Wildman–Crippen LogP) is 41.1. The van der Waals surface area contributed by atoms with Crippen LogP contribution in [0.15, 0.2) is 332 Å². The van der Waals surface area contributed by atoms with Crippen LogP contribution in [-0.4, -0.2) is 9.13 Å².